The number of carbonyl (C=O) groups excluding carboxylic acids is 1. The lowest BCUT2D eigenvalue weighted by Gasteiger charge is -2.25. The van der Waals surface area contributed by atoms with Crippen LogP contribution in [0.3, 0.4) is 0 Å². The normalized spacial score (nSPS) is 23.6. The summed E-state index contributed by atoms with van der Waals surface area (Å²) in [6, 6.07) is 0.431. The Morgan fingerprint density at radius 2 is 2.20 bits per heavy atom. The average Bonchev–Trinajstić information content (AvgIpc) is 3.14. The molecule has 1 fully saturated rings. The lowest BCUT2D eigenvalue weighted by molar-refractivity contribution is 0.0287. The molecule has 0 spiro atoms. The second kappa shape index (κ2) is 7.36. The topological polar surface area (TPSA) is 59.4 Å². The monoisotopic (exact) mass is 348 g/mol. The molecule has 2 heterocycles. The molecule has 1 aliphatic heterocycles. The van der Waals surface area contributed by atoms with Crippen LogP contribution in [0.15, 0.2) is 6.20 Å². The van der Waals surface area contributed by atoms with Gasteiger partial charge in [0.05, 0.1) is 6.20 Å². The first kappa shape index (κ1) is 18.2. The van der Waals surface area contributed by atoms with E-state index in [4.69, 9.17) is 4.74 Å². The Morgan fingerprint density at radius 1 is 1.40 bits per heavy atom. The van der Waals surface area contributed by atoms with Crippen molar-refractivity contribution in [3.05, 3.63) is 17.5 Å². The molecule has 2 atom stereocenters. The summed E-state index contributed by atoms with van der Waals surface area (Å²) in [6.45, 7) is 8.37. The smallest absolute Gasteiger partial charge is 0.410 e. The second-order valence-corrected chi connectivity index (χ2v) is 8.44. The molecule has 2 aliphatic rings. The van der Waals surface area contributed by atoms with Gasteiger partial charge in [-0.3, -0.25) is 4.68 Å². The molecule has 1 aliphatic carbocycles. The number of hydrogen-bond donors (Lipinski definition) is 1. The number of nitrogens with zero attached hydrogens (tertiary/aromatic N) is 3. The van der Waals surface area contributed by atoms with E-state index in [0.717, 1.165) is 38.9 Å². The molecule has 1 aromatic rings. The molecule has 1 amide bonds. The zero-order chi connectivity index (χ0) is 18.0. The van der Waals surface area contributed by atoms with Crippen molar-refractivity contribution < 1.29 is 9.53 Å². The Balaban J connectivity index is 1.43. The summed E-state index contributed by atoms with van der Waals surface area (Å²) in [5.74, 6) is 0.567. The van der Waals surface area contributed by atoms with Crippen LogP contribution in [0.2, 0.25) is 0 Å². The van der Waals surface area contributed by atoms with Crippen molar-refractivity contribution in [2.24, 2.45) is 13.0 Å². The highest BCUT2D eigenvalue weighted by atomic mass is 16.6. The van der Waals surface area contributed by atoms with E-state index in [9.17, 15) is 4.79 Å². The number of fused-ring (bicyclic) bond motifs is 1. The quantitative estimate of drug-likeness (QED) is 0.909. The molecule has 0 radical (unpaired) electrons. The van der Waals surface area contributed by atoms with Crippen LogP contribution in [0.4, 0.5) is 4.79 Å². The van der Waals surface area contributed by atoms with Crippen molar-refractivity contribution in [2.45, 2.75) is 64.5 Å². The van der Waals surface area contributed by atoms with E-state index >= 15 is 0 Å². The minimum Gasteiger partial charge on any atom is -0.444 e. The van der Waals surface area contributed by atoms with Gasteiger partial charge >= 0.3 is 6.09 Å². The van der Waals surface area contributed by atoms with E-state index in [0.29, 0.717) is 12.0 Å². The maximum Gasteiger partial charge on any atom is 0.410 e. The third kappa shape index (κ3) is 4.54. The van der Waals surface area contributed by atoms with Gasteiger partial charge < -0.3 is 15.0 Å². The third-order valence-electron chi connectivity index (χ3n) is 5.26. The van der Waals surface area contributed by atoms with E-state index in [1.54, 1.807) is 0 Å². The van der Waals surface area contributed by atoms with E-state index in [1.807, 2.05) is 43.6 Å². The van der Waals surface area contributed by atoms with Crippen LogP contribution in [0.25, 0.3) is 0 Å². The van der Waals surface area contributed by atoms with Crippen molar-refractivity contribution in [1.82, 2.24) is 20.0 Å². The second-order valence-electron chi connectivity index (χ2n) is 8.44. The van der Waals surface area contributed by atoms with Gasteiger partial charge in [-0.25, -0.2) is 4.79 Å². The maximum atomic E-state index is 12.1. The number of aryl methyl sites for hydroxylation is 1. The van der Waals surface area contributed by atoms with Gasteiger partial charge in [0.15, 0.2) is 0 Å². The third-order valence-corrected chi connectivity index (χ3v) is 5.26. The Labute approximate surface area is 150 Å². The van der Waals surface area contributed by atoms with Gasteiger partial charge in [0.25, 0.3) is 0 Å². The zero-order valence-electron chi connectivity index (χ0n) is 16.0. The van der Waals surface area contributed by atoms with Crippen molar-refractivity contribution in [3.8, 4) is 0 Å². The fourth-order valence-corrected chi connectivity index (χ4v) is 3.94. The largest absolute Gasteiger partial charge is 0.444 e. The van der Waals surface area contributed by atoms with Crippen LogP contribution in [0.5, 0.6) is 0 Å². The molecule has 1 aromatic heterocycles. The Hall–Kier alpha value is -1.56. The van der Waals surface area contributed by atoms with Crippen LogP contribution in [0, 0.1) is 5.92 Å². The highest BCUT2D eigenvalue weighted by Crippen LogP contribution is 2.29. The predicted molar refractivity (Wildman–Crippen MR) is 97.4 cm³/mol. The molecule has 6 heteroatoms. The molecular formula is C19H32N4O2. The molecule has 25 heavy (non-hydrogen) atoms. The summed E-state index contributed by atoms with van der Waals surface area (Å²) >= 11 is 0. The lowest BCUT2D eigenvalue weighted by atomic mass is 9.92. The van der Waals surface area contributed by atoms with Crippen molar-refractivity contribution in [1.29, 1.82) is 0 Å². The molecule has 0 aromatic carbocycles. The fraction of sp³-hybridized carbons (Fsp3) is 0.789. The van der Waals surface area contributed by atoms with Crippen molar-refractivity contribution in [3.63, 3.8) is 0 Å². The SMILES string of the molecule is Cn1ncc2c1CCCC2NCCC1CCN(C(=O)OC(C)(C)C)C1. The summed E-state index contributed by atoms with van der Waals surface area (Å²) in [4.78, 5) is 14.0. The van der Waals surface area contributed by atoms with E-state index in [-0.39, 0.29) is 6.09 Å². The van der Waals surface area contributed by atoms with Gasteiger partial charge in [0.2, 0.25) is 0 Å². The molecule has 6 nitrogen and oxygen atoms in total. The number of hydrogen-bond acceptors (Lipinski definition) is 4. The molecule has 140 valence electrons. The number of amides is 1. The maximum absolute atomic E-state index is 12.1. The van der Waals surface area contributed by atoms with Crippen LogP contribution in [0.1, 0.15) is 63.8 Å². The lowest BCUT2D eigenvalue weighted by Crippen LogP contribution is -2.35. The van der Waals surface area contributed by atoms with Gasteiger partial charge in [0, 0.05) is 37.4 Å². The number of aromatic nitrogens is 2. The minimum atomic E-state index is -0.418. The van der Waals surface area contributed by atoms with Gasteiger partial charge in [-0.1, -0.05) is 0 Å². The molecular weight excluding hydrogens is 316 g/mol. The molecule has 3 rings (SSSR count). The molecule has 0 bridgehead atoms. The molecule has 1 N–H and O–H groups in total. The number of rotatable bonds is 4. The number of likely N-dealkylation sites (tertiary alicyclic amines) is 1. The number of carbonyl (C=O) groups is 1. The van der Waals surface area contributed by atoms with Gasteiger partial charge in [-0.05, 0) is 65.3 Å². The Bertz CT molecular complexity index is 605. The summed E-state index contributed by atoms with van der Waals surface area (Å²) in [7, 11) is 2.03. The first-order valence-electron chi connectivity index (χ1n) is 9.55. The fourth-order valence-electron chi connectivity index (χ4n) is 3.94. The molecule has 1 saturated heterocycles. The van der Waals surface area contributed by atoms with Gasteiger partial charge in [-0.2, -0.15) is 5.10 Å². The summed E-state index contributed by atoms with van der Waals surface area (Å²) in [5, 5.41) is 8.12. The number of ether oxygens (including phenoxy) is 1. The first-order valence-corrected chi connectivity index (χ1v) is 9.55. The van der Waals surface area contributed by atoms with Crippen molar-refractivity contribution in [2.75, 3.05) is 19.6 Å². The van der Waals surface area contributed by atoms with Crippen LogP contribution >= 0.6 is 0 Å². The van der Waals surface area contributed by atoms with E-state index in [1.165, 1.54) is 24.1 Å². The summed E-state index contributed by atoms with van der Waals surface area (Å²) < 4.78 is 7.49. The van der Waals surface area contributed by atoms with Crippen LogP contribution in [-0.4, -0.2) is 46.0 Å². The standard InChI is InChI=1S/C19H32N4O2/c1-19(2,3)25-18(24)23-11-9-14(13-23)8-10-20-16-6-5-7-17-15(16)12-21-22(17)4/h12,14,16,20H,5-11,13H2,1-4H3. The number of nitrogens with one attached hydrogen (secondary N) is 1. The highest BCUT2D eigenvalue weighted by Gasteiger charge is 2.30. The summed E-state index contributed by atoms with van der Waals surface area (Å²) in [5.41, 5.74) is 2.33. The Morgan fingerprint density at radius 3 is 2.96 bits per heavy atom. The predicted octanol–water partition coefficient (Wildman–Crippen LogP) is 3.03. The van der Waals surface area contributed by atoms with E-state index < -0.39 is 5.60 Å². The highest BCUT2D eigenvalue weighted by molar-refractivity contribution is 5.68. The van der Waals surface area contributed by atoms with E-state index in [2.05, 4.69) is 10.4 Å². The van der Waals surface area contributed by atoms with Crippen LogP contribution < -0.4 is 5.32 Å². The average molecular weight is 348 g/mol. The zero-order valence-corrected chi connectivity index (χ0v) is 16.0. The summed E-state index contributed by atoms with van der Waals surface area (Å²) in [6.07, 6.45) is 7.57. The molecule has 2 unspecified atom stereocenters. The Kier molecular flexibility index (Phi) is 5.37. The van der Waals surface area contributed by atoms with Crippen molar-refractivity contribution >= 4 is 6.09 Å². The van der Waals surface area contributed by atoms with Crippen LogP contribution in [-0.2, 0) is 18.2 Å². The van der Waals surface area contributed by atoms with Gasteiger partial charge in [-0.15, -0.1) is 0 Å². The first-order chi connectivity index (χ1) is 11.8. The minimum absolute atomic E-state index is 0.171. The molecule has 0 saturated carbocycles. The van der Waals surface area contributed by atoms with Gasteiger partial charge in [0.1, 0.15) is 5.60 Å².